The van der Waals surface area contributed by atoms with Crippen molar-refractivity contribution in [3.05, 3.63) is 59.7 Å². The Balaban J connectivity index is 1.59. The van der Waals surface area contributed by atoms with Gasteiger partial charge in [0.2, 0.25) is 10.0 Å². The van der Waals surface area contributed by atoms with Gasteiger partial charge in [0.05, 0.1) is 25.1 Å². The Hall–Kier alpha value is -2.58. The van der Waals surface area contributed by atoms with Crippen LogP contribution in [0, 0.1) is 6.92 Å². The van der Waals surface area contributed by atoms with Crippen LogP contribution in [0.3, 0.4) is 0 Å². The molecule has 1 aliphatic heterocycles. The van der Waals surface area contributed by atoms with Gasteiger partial charge in [-0.2, -0.15) is 0 Å². The number of aryl methyl sites for hydroxylation is 1. The number of carbonyl (C=O) groups is 1. The largest absolute Gasteiger partial charge is 0.497 e. The van der Waals surface area contributed by atoms with E-state index in [0.29, 0.717) is 17.0 Å². The Bertz CT molecular complexity index is 929. The van der Waals surface area contributed by atoms with Gasteiger partial charge in [0.1, 0.15) is 11.9 Å². The van der Waals surface area contributed by atoms with Crippen molar-refractivity contribution < 1.29 is 22.7 Å². The molecule has 1 saturated heterocycles. The van der Waals surface area contributed by atoms with Crippen LogP contribution in [-0.4, -0.2) is 40.8 Å². The van der Waals surface area contributed by atoms with Gasteiger partial charge in [-0.15, -0.1) is 0 Å². The SMILES string of the molecule is COc1cccc(N2CC(CNS(=O)(=O)Cc3cccc(C)c3)OC2=O)c1. The molecule has 1 fully saturated rings. The average molecular weight is 390 g/mol. The predicted octanol–water partition coefficient (Wildman–Crippen LogP) is 2.45. The summed E-state index contributed by atoms with van der Waals surface area (Å²) in [5, 5.41) is 0. The van der Waals surface area contributed by atoms with Crippen LogP contribution in [0.1, 0.15) is 11.1 Å². The molecule has 1 unspecified atom stereocenters. The summed E-state index contributed by atoms with van der Waals surface area (Å²) in [6.07, 6.45) is -1.07. The van der Waals surface area contributed by atoms with E-state index in [-0.39, 0.29) is 18.8 Å². The van der Waals surface area contributed by atoms with Gasteiger partial charge < -0.3 is 9.47 Å². The lowest BCUT2D eigenvalue weighted by Gasteiger charge is -2.14. The van der Waals surface area contributed by atoms with E-state index in [9.17, 15) is 13.2 Å². The fourth-order valence-corrected chi connectivity index (χ4v) is 4.07. The monoisotopic (exact) mass is 390 g/mol. The Labute approximate surface area is 158 Å². The molecule has 0 saturated carbocycles. The second-order valence-electron chi connectivity index (χ2n) is 6.41. The number of nitrogens with one attached hydrogen (secondary N) is 1. The van der Waals surface area contributed by atoms with Crippen molar-refractivity contribution in [2.24, 2.45) is 0 Å². The van der Waals surface area contributed by atoms with E-state index in [1.165, 1.54) is 4.90 Å². The Kier molecular flexibility index (Phi) is 5.67. The molecule has 2 aromatic rings. The van der Waals surface area contributed by atoms with E-state index in [4.69, 9.17) is 9.47 Å². The normalized spacial score (nSPS) is 17.0. The number of benzene rings is 2. The molecule has 0 bridgehead atoms. The molecular weight excluding hydrogens is 368 g/mol. The second kappa shape index (κ2) is 7.98. The number of anilines is 1. The fraction of sp³-hybridized carbons (Fsp3) is 0.316. The minimum absolute atomic E-state index is 0.0281. The van der Waals surface area contributed by atoms with Crippen LogP contribution in [0.2, 0.25) is 0 Å². The maximum Gasteiger partial charge on any atom is 0.414 e. The third-order valence-electron chi connectivity index (χ3n) is 4.21. The zero-order chi connectivity index (χ0) is 19.4. The summed E-state index contributed by atoms with van der Waals surface area (Å²) in [5.74, 6) is 0.511. The summed E-state index contributed by atoms with van der Waals surface area (Å²) in [6, 6.07) is 14.4. The predicted molar refractivity (Wildman–Crippen MR) is 102 cm³/mol. The van der Waals surface area contributed by atoms with Crippen LogP contribution in [0.15, 0.2) is 48.5 Å². The van der Waals surface area contributed by atoms with Gasteiger partial charge in [-0.3, -0.25) is 4.90 Å². The molecule has 2 aromatic carbocycles. The Morgan fingerprint density at radius 3 is 2.74 bits per heavy atom. The van der Waals surface area contributed by atoms with E-state index in [1.807, 2.05) is 25.1 Å². The fourth-order valence-electron chi connectivity index (χ4n) is 2.91. The topological polar surface area (TPSA) is 84.9 Å². The van der Waals surface area contributed by atoms with Gasteiger partial charge in [-0.25, -0.2) is 17.9 Å². The van der Waals surface area contributed by atoms with E-state index in [1.54, 1.807) is 37.4 Å². The maximum atomic E-state index is 12.3. The summed E-state index contributed by atoms with van der Waals surface area (Å²) in [7, 11) is -1.98. The number of cyclic esters (lactones) is 1. The van der Waals surface area contributed by atoms with Crippen molar-refractivity contribution in [2.75, 3.05) is 25.1 Å². The van der Waals surface area contributed by atoms with Crippen molar-refractivity contribution in [1.29, 1.82) is 0 Å². The molecule has 144 valence electrons. The number of methoxy groups -OCH3 is 1. The zero-order valence-electron chi connectivity index (χ0n) is 15.2. The minimum Gasteiger partial charge on any atom is -0.497 e. The van der Waals surface area contributed by atoms with Gasteiger partial charge in [0.25, 0.3) is 0 Å². The standard InChI is InChI=1S/C19H22N2O5S/c1-14-5-3-6-15(9-14)13-27(23,24)20-11-18-12-21(19(22)26-18)16-7-4-8-17(10-16)25-2/h3-10,18,20H,11-13H2,1-2H3. The molecule has 8 heteroatoms. The number of hydrogen-bond acceptors (Lipinski definition) is 5. The van der Waals surface area contributed by atoms with Crippen molar-refractivity contribution in [2.45, 2.75) is 18.8 Å². The summed E-state index contributed by atoms with van der Waals surface area (Å²) in [5.41, 5.74) is 2.36. The van der Waals surface area contributed by atoms with E-state index < -0.39 is 22.2 Å². The molecule has 0 aliphatic carbocycles. The molecule has 0 aromatic heterocycles. The molecule has 1 aliphatic rings. The van der Waals surface area contributed by atoms with E-state index in [2.05, 4.69) is 4.72 Å². The highest BCUT2D eigenvalue weighted by Crippen LogP contribution is 2.25. The summed E-state index contributed by atoms with van der Waals surface area (Å²) < 4.78 is 37.6. The number of nitrogens with zero attached hydrogens (tertiary/aromatic N) is 1. The van der Waals surface area contributed by atoms with E-state index >= 15 is 0 Å². The van der Waals surface area contributed by atoms with Crippen LogP contribution in [0.4, 0.5) is 10.5 Å². The van der Waals surface area contributed by atoms with Crippen molar-refractivity contribution in [1.82, 2.24) is 4.72 Å². The lowest BCUT2D eigenvalue weighted by molar-refractivity contribution is 0.143. The van der Waals surface area contributed by atoms with Crippen LogP contribution >= 0.6 is 0 Å². The molecule has 0 spiro atoms. The minimum atomic E-state index is -3.53. The quantitative estimate of drug-likeness (QED) is 0.785. The number of sulfonamides is 1. The van der Waals surface area contributed by atoms with Crippen molar-refractivity contribution >= 4 is 21.8 Å². The number of rotatable bonds is 7. The van der Waals surface area contributed by atoms with Crippen LogP contribution in [-0.2, 0) is 20.5 Å². The second-order valence-corrected chi connectivity index (χ2v) is 8.22. The number of carbonyl (C=O) groups excluding carboxylic acids is 1. The molecule has 1 heterocycles. The van der Waals surface area contributed by atoms with E-state index in [0.717, 1.165) is 5.56 Å². The molecule has 1 N–H and O–H groups in total. The Morgan fingerprint density at radius 2 is 2.00 bits per heavy atom. The summed E-state index contributed by atoms with van der Waals surface area (Å²) in [4.78, 5) is 13.6. The summed E-state index contributed by atoms with van der Waals surface area (Å²) >= 11 is 0. The first-order valence-corrected chi connectivity index (χ1v) is 10.2. The first-order chi connectivity index (χ1) is 12.9. The first-order valence-electron chi connectivity index (χ1n) is 8.51. The highest BCUT2D eigenvalue weighted by atomic mass is 32.2. The Morgan fingerprint density at radius 1 is 1.22 bits per heavy atom. The van der Waals surface area contributed by atoms with Gasteiger partial charge in [-0.1, -0.05) is 35.9 Å². The third-order valence-corrected chi connectivity index (χ3v) is 5.53. The smallest absolute Gasteiger partial charge is 0.414 e. The van der Waals surface area contributed by atoms with Crippen LogP contribution in [0.25, 0.3) is 0 Å². The average Bonchev–Trinajstić information content (AvgIpc) is 3.01. The van der Waals surface area contributed by atoms with Gasteiger partial charge in [0.15, 0.2) is 0 Å². The maximum absolute atomic E-state index is 12.3. The first kappa shape index (κ1) is 19.2. The molecule has 0 radical (unpaired) electrons. The van der Waals surface area contributed by atoms with Gasteiger partial charge >= 0.3 is 6.09 Å². The number of amides is 1. The lowest BCUT2D eigenvalue weighted by atomic mass is 10.2. The molecule has 7 nitrogen and oxygen atoms in total. The molecular formula is C19H22N2O5S. The highest BCUT2D eigenvalue weighted by molar-refractivity contribution is 7.88. The van der Waals surface area contributed by atoms with Crippen molar-refractivity contribution in [3.63, 3.8) is 0 Å². The lowest BCUT2D eigenvalue weighted by Crippen LogP contribution is -2.35. The highest BCUT2D eigenvalue weighted by Gasteiger charge is 2.33. The van der Waals surface area contributed by atoms with Gasteiger partial charge in [-0.05, 0) is 24.6 Å². The third kappa shape index (κ3) is 4.99. The number of hydrogen-bond donors (Lipinski definition) is 1. The van der Waals surface area contributed by atoms with Crippen LogP contribution in [0.5, 0.6) is 5.75 Å². The van der Waals surface area contributed by atoms with Crippen LogP contribution < -0.4 is 14.4 Å². The molecule has 1 atom stereocenters. The molecule has 1 amide bonds. The number of ether oxygens (including phenoxy) is 2. The molecule has 3 rings (SSSR count). The van der Waals surface area contributed by atoms with Gasteiger partial charge in [0, 0.05) is 12.6 Å². The van der Waals surface area contributed by atoms with Crippen molar-refractivity contribution in [3.8, 4) is 5.75 Å². The molecule has 27 heavy (non-hydrogen) atoms. The summed E-state index contributed by atoms with van der Waals surface area (Å²) in [6.45, 7) is 2.20. The zero-order valence-corrected chi connectivity index (χ0v) is 16.0.